The van der Waals surface area contributed by atoms with Crippen molar-refractivity contribution in [3.05, 3.63) is 106 Å². The van der Waals surface area contributed by atoms with Crippen molar-refractivity contribution in [1.29, 1.82) is 0 Å². The van der Waals surface area contributed by atoms with Gasteiger partial charge in [-0.25, -0.2) is 0 Å². The van der Waals surface area contributed by atoms with Gasteiger partial charge >= 0.3 is 0 Å². The zero-order valence-electron chi connectivity index (χ0n) is 28.5. The second-order valence-corrected chi connectivity index (χ2v) is 17.3. The molecule has 2 aromatic rings. The van der Waals surface area contributed by atoms with Crippen molar-refractivity contribution >= 4 is 48.9 Å². The number of hydrogen-bond donors (Lipinski definition) is 2. The van der Waals surface area contributed by atoms with E-state index in [1.54, 1.807) is 0 Å². The number of unbranched alkanes of at least 4 members (excludes halogenated alkanes) is 2. The molecule has 0 spiro atoms. The Morgan fingerprint density at radius 2 is 1.47 bits per heavy atom. The van der Waals surface area contributed by atoms with Crippen molar-refractivity contribution in [2.24, 2.45) is 0 Å². The minimum absolute atomic E-state index is 0.264. The second kappa shape index (κ2) is 14.6. The van der Waals surface area contributed by atoms with E-state index >= 15 is 0 Å². The number of fused-ring (bicyclic) bond motifs is 2. The van der Waals surface area contributed by atoms with Crippen molar-refractivity contribution in [2.45, 2.75) is 70.6 Å². The van der Waals surface area contributed by atoms with Crippen molar-refractivity contribution < 1.29 is 35.3 Å². The summed E-state index contributed by atoms with van der Waals surface area (Å²) in [5, 5.41) is 0.529. The molecule has 0 radical (unpaired) electrons. The number of para-hydroxylation sites is 2. The van der Waals surface area contributed by atoms with E-state index in [0.717, 1.165) is 28.4 Å². The van der Waals surface area contributed by atoms with Gasteiger partial charge in [0.25, 0.3) is 20.2 Å². The van der Waals surface area contributed by atoms with Gasteiger partial charge in [0, 0.05) is 53.9 Å². The van der Waals surface area contributed by atoms with Gasteiger partial charge in [-0.1, -0.05) is 67.9 Å². The number of anilines is 1. The van der Waals surface area contributed by atoms with Gasteiger partial charge in [-0.15, -0.1) is 0 Å². The molecule has 3 heterocycles. The first kappa shape index (κ1) is 37.0. The van der Waals surface area contributed by atoms with E-state index in [4.69, 9.17) is 16.3 Å². The molecule has 0 aliphatic carbocycles. The van der Waals surface area contributed by atoms with Crippen LogP contribution < -0.4 is 4.90 Å². The van der Waals surface area contributed by atoms with E-state index in [9.17, 15) is 25.9 Å². The molecule has 5 rings (SSSR count). The van der Waals surface area contributed by atoms with Crippen LogP contribution in [0.4, 0.5) is 11.4 Å². The molecule has 3 aliphatic rings. The smallest absolute Gasteiger partial charge is 0.264 e. The molecule has 2 N–H and O–H groups in total. The van der Waals surface area contributed by atoms with Crippen molar-refractivity contribution in [3.63, 3.8) is 0 Å². The third-order valence-corrected chi connectivity index (χ3v) is 11.7. The van der Waals surface area contributed by atoms with E-state index < -0.39 is 20.2 Å². The van der Waals surface area contributed by atoms with Crippen molar-refractivity contribution in [2.75, 3.05) is 36.1 Å². The zero-order chi connectivity index (χ0) is 35.6. The molecular weight excluding hydrogens is 684 g/mol. The van der Waals surface area contributed by atoms with Gasteiger partial charge in [0.2, 0.25) is 5.69 Å². The SMILES string of the molecule is CC1(C)C(/C=C/C2=C(Cl)C(=C/C=C3/N(CCCCS(=O)(=O)O)c4ccccc4C3(C)C)/OCC2)=[N+](CCCCS(=O)(=O)O)c2ccccc21. The summed E-state index contributed by atoms with van der Waals surface area (Å²) >= 11 is 7.01. The van der Waals surface area contributed by atoms with Crippen LogP contribution in [-0.4, -0.2) is 67.4 Å². The first-order valence-corrected chi connectivity index (χ1v) is 20.2. The van der Waals surface area contributed by atoms with Gasteiger partial charge < -0.3 is 9.64 Å². The lowest BCUT2D eigenvalue weighted by molar-refractivity contribution is -0.438. The fraction of sp³-hybridized carbons (Fsp3) is 0.432. The predicted molar refractivity (Wildman–Crippen MR) is 196 cm³/mol. The van der Waals surface area contributed by atoms with E-state index in [0.29, 0.717) is 62.6 Å². The van der Waals surface area contributed by atoms with Crippen LogP contribution >= 0.6 is 11.6 Å². The fourth-order valence-electron chi connectivity index (χ4n) is 7.09. The Morgan fingerprint density at radius 3 is 2.16 bits per heavy atom. The Kier molecular flexibility index (Phi) is 11.0. The number of rotatable bonds is 13. The molecule has 0 unspecified atom stereocenters. The highest BCUT2D eigenvalue weighted by atomic mass is 35.5. The molecule has 0 aromatic heterocycles. The summed E-state index contributed by atoms with van der Waals surface area (Å²) in [5.41, 5.74) is 6.94. The predicted octanol–water partition coefficient (Wildman–Crippen LogP) is 7.43. The van der Waals surface area contributed by atoms with Gasteiger partial charge in [0.15, 0.2) is 5.71 Å². The number of allylic oxidation sites excluding steroid dienone is 6. The molecule has 0 amide bonds. The van der Waals surface area contributed by atoms with Gasteiger partial charge in [-0.05, 0) is 62.5 Å². The topological polar surface area (TPSA) is 124 Å². The summed E-state index contributed by atoms with van der Waals surface area (Å²) in [6.45, 7) is 10.3. The summed E-state index contributed by atoms with van der Waals surface area (Å²) in [6, 6.07) is 16.4. The monoisotopic (exact) mass is 729 g/mol. The van der Waals surface area contributed by atoms with Crippen LogP contribution in [0.3, 0.4) is 0 Å². The molecule has 0 fully saturated rings. The number of ether oxygens (including phenoxy) is 1. The number of hydrogen-bond acceptors (Lipinski definition) is 6. The normalized spacial score (nSPS) is 20.4. The highest BCUT2D eigenvalue weighted by Gasteiger charge is 2.44. The molecule has 0 atom stereocenters. The Balaban J connectivity index is 1.44. The maximum atomic E-state index is 11.3. The second-order valence-electron chi connectivity index (χ2n) is 13.8. The van der Waals surface area contributed by atoms with E-state index in [1.807, 2.05) is 36.4 Å². The van der Waals surface area contributed by atoms with Crippen LogP contribution in [0.15, 0.2) is 94.9 Å². The number of nitrogens with zero attached hydrogens (tertiary/aromatic N) is 2. The molecule has 9 nitrogen and oxygen atoms in total. The Hall–Kier alpha value is -3.22. The summed E-state index contributed by atoms with van der Waals surface area (Å²) < 4.78 is 71.9. The lowest BCUT2D eigenvalue weighted by Gasteiger charge is -2.27. The first-order valence-electron chi connectivity index (χ1n) is 16.6. The standard InChI is InChI=1S/C37H45ClN2O7S2/c1-36(2)28-13-5-7-15-30(28)39(22-9-11-25-48(41,42)43)33(36)19-17-27-21-24-47-32(35(27)38)18-20-34-37(3,4)29-14-6-8-16-31(29)40(34)23-10-12-26-49(44,45)46/h5-8,13-20H,9-12,21-26H2,1-4H3,(H-,41,42,43,44,45,46)/p+1. The van der Waals surface area contributed by atoms with E-state index in [1.165, 1.54) is 11.1 Å². The number of halogens is 1. The van der Waals surface area contributed by atoms with E-state index in [-0.39, 0.29) is 22.3 Å². The van der Waals surface area contributed by atoms with Crippen LogP contribution in [0.2, 0.25) is 0 Å². The lowest BCUT2D eigenvalue weighted by Crippen LogP contribution is -2.28. The molecular formula is C37H46ClN2O7S2+. The molecule has 0 saturated heterocycles. The third kappa shape index (κ3) is 8.40. The molecule has 12 heteroatoms. The largest absolute Gasteiger partial charge is 0.492 e. The Morgan fingerprint density at radius 1 is 0.837 bits per heavy atom. The van der Waals surface area contributed by atoms with Crippen LogP contribution in [0, 0.1) is 0 Å². The quantitative estimate of drug-likeness (QED) is 0.124. The van der Waals surface area contributed by atoms with Crippen LogP contribution in [-0.2, 0) is 35.8 Å². The third-order valence-electron chi connectivity index (χ3n) is 9.63. The molecule has 2 aromatic carbocycles. The Bertz CT molecular complexity index is 1970. The molecule has 0 bridgehead atoms. The summed E-state index contributed by atoms with van der Waals surface area (Å²) in [5.74, 6) is 0.0346. The maximum absolute atomic E-state index is 11.3. The molecule has 0 saturated carbocycles. The minimum Gasteiger partial charge on any atom is -0.492 e. The summed E-state index contributed by atoms with van der Waals surface area (Å²) in [6.07, 6.45) is 10.6. The zero-order valence-corrected chi connectivity index (χ0v) is 30.9. The molecule has 49 heavy (non-hydrogen) atoms. The summed E-state index contributed by atoms with van der Waals surface area (Å²) in [7, 11) is -8.02. The van der Waals surface area contributed by atoms with Crippen molar-refractivity contribution in [3.8, 4) is 0 Å². The molecule has 264 valence electrons. The maximum Gasteiger partial charge on any atom is 0.264 e. The van der Waals surface area contributed by atoms with Crippen LogP contribution in [0.5, 0.6) is 0 Å². The minimum atomic E-state index is -4.01. The first-order chi connectivity index (χ1) is 23.0. The lowest BCUT2D eigenvalue weighted by atomic mass is 9.81. The van der Waals surface area contributed by atoms with Crippen molar-refractivity contribution in [1.82, 2.24) is 0 Å². The highest BCUT2D eigenvalue weighted by molar-refractivity contribution is 7.86. The van der Waals surface area contributed by atoms with Gasteiger partial charge in [0.1, 0.15) is 12.3 Å². The average molecular weight is 730 g/mol. The number of benzene rings is 2. The van der Waals surface area contributed by atoms with Crippen LogP contribution in [0.1, 0.15) is 70.9 Å². The highest BCUT2D eigenvalue weighted by Crippen LogP contribution is 2.48. The van der Waals surface area contributed by atoms with Gasteiger partial charge in [0.05, 0.1) is 28.6 Å². The molecule has 3 aliphatic heterocycles. The fourth-order valence-corrected chi connectivity index (χ4v) is 8.50. The summed E-state index contributed by atoms with van der Waals surface area (Å²) in [4.78, 5) is 2.21. The van der Waals surface area contributed by atoms with Gasteiger partial charge in [-0.3, -0.25) is 9.11 Å². The Labute approximate surface area is 295 Å². The average Bonchev–Trinajstić information content (AvgIpc) is 3.37. The van der Waals surface area contributed by atoms with Crippen LogP contribution in [0.25, 0.3) is 0 Å². The van der Waals surface area contributed by atoms with E-state index in [2.05, 4.69) is 73.6 Å². The van der Waals surface area contributed by atoms with Gasteiger partial charge in [-0.2, -0.15) is 21.4 Å².